The standard InChI is InChI=1S/C41H62O12/c1-20-12-26-8-10-30-21(2)13-25(47-30)6-7-28-17-35-38(50-28)40-41(53-35)39(46-5)37-31(52-40)11-9-27(49-37)14-23(43)15-29-33(18-32(48-26)22(20)3)51-34(36(29)45-4)16-24(44)19-42/h20,24-42,44H,2-3,6-19H2,1,4-5H3/t20?,24?,25?,26?,27?,28?,29?,30?,31?,32?,33?,34-,35-,36-,37+,38?,39?,40+,41?/m1/s1. The number of fused-ring (bicyclic) bond motifs is 1. The average molecular weight is 747 g/mol. The Bertz CT molecular complexity index is 1330. The van der Waals surface area contributed by atoms with E-state index in [9.17, 15) is 15.0 Å². The molecule has 2 N–H and O–H groups in total. The fourth-order valence-corrected chi connectivity index (χ4v) is 11.0. The Kier molecular flexibility index (Phi) is 11.9. The molecule has 14 unspecified atom stereocenters. The van der Waals surface area contributed by atoms with E-state index in [4.69, 9.17) is 42.6 Å². The fraction of sp³-hybridized carbons (Fsp3) is 0.878. The molecular formula is C41H62O12. The number of hydrogen-bond acceptors (Lipinski definition) is 12. The van der Waals surface area contributed by atoms with Crippen molar-refractivity contribution in [3.63, 3.8) is 0 Å². The minimum Gasteiger partial charge on any atom is -0.394 e. The second-order valence-corrected chi connectivity index (χ2v) is 17.3. The van der Waals surface area contributed by atoms with E-state index in [-0.39, 0.29) is 129 Å². The predicted octanol–water partition coefficient (Wildman–Crippen LogP) is 3.76. The molecular weight excluding hydrogens is 684 g/mol. The molecule has 12 heteroatoms. The van der Waals surface area contributed by atoms with Gasteiger partial charge in [-0.25, -0.2) is 0 Å². The number of ketones is 1. The van der Waals surface area contributed by atoms with E-state index in [1.807, 2.05) is 0 Å². The van der Waals surface area contributed by atoms with Crippen LogP contribution in [-0.4, -0.2) is 141 Å². The number of carbonyl (C=O) groups excluding carboxylic acids is 1. The summed E-state index contributed by atoms with van der Waals surface area (Å²) < 4.78 is 58.7. The third kappa shape index (κ3) is 7.86. The van der Waals surface area contributed by atoms with Gasteiger partial charge in [0, 0.05) is 52.2 Å². The summed E-state index contributed by atoms with van der Waals surface area (Å²) in [6.07, 6.45) is 4.73. The minimum atomic E-state index is -0.953. The van der Waals surface area contributed by atoms with Gasteiger partial charge in [-0.1, -0.05) is 20.1 Å². The molecule has 11 aliphatic rings. The fourth-order valence-electron chi connectivity index (χ4n) is 11.0. The lowest BCUT2D eigenvalue weighted by Crippen LogP contribution is -2.62. The average Bonchev–Trinajstić information content (AvgIpc) is 3.88. The van der Waals surface area contributed by atoms with Crippen LogP contribution in [0.5, 0.6) is 0 Å². The number of hydrogen-bond donors (Lipinski definition) is 2. The van der Waals surface area contributed by atoms with E-state index in [1.165, 1.54) is 0 Å². The molecule has 0 saturated carbocycles. The molecule has 0 aromatic rings. The maximum absolute atomic E-state index is 14.0. The molecule has 12 bridgehead atoms. The van der Waals surface area contributed by atoms with Crippen LogP contribution in [0.4, 0.5) is 0 Å². The summed E-state index contributed by atoms with van der Waals surface area (Å²) >= 11 is 0. The maximum atomic E-state index is 14.0. The Labute approximate surface area is 314 Å². The van der Waals surface area contributed by atoms with Crippen molar-refractivity contribution in [2.75, 3.05) is 20.8 Å². The third-order valence-corrected chi connectivity index (χ3v) is 13.8. The molecule has 11 rings (SSSR count). The Morgan fingerprint density at radius 2 is 1.36 bits per heavy atom. The maximum Gasteiger partial charge on any atom is 0.135 e. The van der Waals surface area contributed by atoms with E-state index < -0.39 is 18.3 Å². The molecule has 0 aliphatic carbocycles. The summed E-state index contributed by atoms with van der Waals surface area (Å²) in [6, 6.07) is 0. The van der Waals surface area contributed by atoms with Crippen LogP contribution in [0.3, 0.4) is 0 Å². The number of ether oxygens (including phenoxy) is 9. The lowest BCUT2D eigenvalue weighted by atomic mass is 9.81. The van der Waals surface area contributed by atoms with Gasteiger partial charge >= 0.3 is 0 Å². The second-order valence-electron chi connectivity index (χ2n) is 17.3. The molecule has 0 radical (unpaired) electrons. The molecule has 0 amide bonds. The van der Waals surface area contributed by atoms with Gasteiger partial charge in [0.2, 0.25) is 0 Å². The van der Waals surface area contributed by atoms with Gasteiger partial charge in [-0.2, -0.15) is 0 Å². The monoisotopic (exact) mass is 746 g/mol. The second kappa shape index (κ2) is 16.3. The molecule has 53 heavy (non-hydrogen) atoms. The first-order chi connectivity index (χ1) is 25.6. The normalized spacial score (nSPS) is 49.6. The van der Waals surface area contributed by atoms with Crippen molar-refractivity contribution in [2.45, 2.75) is 194 Å². The van der Waals surface area contributed by atoms with Crippen molar-refractivity contribution >= 4 is 5.78 Å². The summed E-state index contributed by atoms with van der Waals surface area (Å²) in [6.45, 7) is 10.7. The SMILES string of the molecule is C=C1CC2CCC3C[C@H]4OC5C(OC)[C@H]6OC(CCC6O[C@H]5C4O3)CC(=O)CC3C(CC4OC(CCC1O2)CC(C)C4=C)O[C@H](CC(O)CO)[C@@H]3OC. The van der Waals surface area contributed by atoms with Gasteiger partial charge in [0.25, 0.3) is 0 Å². The van der Waals surface area contributed by atoms with Crippen LogP contribution >= 0.6 is 0 Å². The smallest absolute Gasteiger partial charge is 0.135 e. The number of aliphatic hydroxyl groups excluding tert-OH is 2. The van der Waals surface area contributed by atoms with Crippen LogP contribution in [0.2, 0.25) is 0 Å². The van der Waals surface area contributed by atoms with Crippen molar-refractivity contribution in [1.29, 1.82) is 0 Å². The van der Waals surface area contributed by atoms with Crippen molar-refractivity contribution in [1.82, 2.24) is 0 Å². The van der Waals surface area contributed by atoms with Gasteiger partial charge in [-0.3, -0.25) is 4.79 Å². The number of methoxy groups -OCH3 is 2. The summed E-state index contributed by atoms with van der Waals surface area (Å²) in [5, 5.41) is 20.1. The molecule has 298 valence electrons. The van der Waals surface area contributed by atoms with Crippen LogP contribution in [-0.2, 0) is 47.4 Å². The van der Waals surface area contributed by atoms with Gasteiger partial charge < -0.3 is 52.8 Å². The Balaban J connectivity index is 1.03. The number of carbonyl (C=O) groups is 1. The summed E-state index contributed by atoms with van der Waals surface area (Å²) in [5.74, 6) is 0.0673. The first-order valence-electron chi connectivity index (χ1n) is 20.4. The van der Waals surface area contributed by atoms with E-state index in [2.05, 4.69) is 20.1 Å². The van der Waals surface area contributed by atoms with E-state index in [0.29, 0.717) is 12.8 Å². The lowest BCUT2D eigenvalue weighted by Gasteiger charge is -2.47. The summed E-state index contributed by atoms with van der Waals surface area (Å²) in [7, 11) is 3.33. The van der Waals surface area contributed by atoms with Gasteiger partial charge in [-0.15, -0.1) is 0 Å². The topological polar surface area (TPSA) is 141 Å². The first-order valence-corrected chi connectivity index (χ1v) is 20.4. The Morgan fingerprint density at radius 1 is 0.679 bits per heavy atom. The highest BCUT2D eigenvalue weighted by molar-refractivity contribution is 5.79. The molecule has 0 spiro atoms. The molecule has 0 aromatic carbocycles. The molecule has 11 aliphatic heterocycles. The zero-order valence-electron chi connectivity index (χ0n) is 31.8. The predicted molar refractivity (Wildman–Crippen MR) is 191 cm³/mol. The van der Waals surface area contributed by atoms with Crippen molar-refractivity contribution < 1.29 is 57.6 Å². The highest BCUT2D eigenvalue weighted by Gasteiger charge is 2.61. The first kappa shape index (κ1) is 38.6. The number of aliphatic hydroxyl groups is 2. The quantitative estimate of drug-likeness (QED) is 0.396. The summed E-state index contributed by atoms with van der Waals surface area (Å²) in [5.41, 5.74) is 2.19. The highest BCUT2D eigenvalue weighted by Crippen LogP contribution is 2.47. The number of rotatable bonds is 5. The van der Waals surface area contributed by atoms with Gasteiger partial charge in [-0.05, 0) is 68.4 Å². The zero-order valence-corrected chi connectivity index (χ0v) is 31.8. The van der Waals surface area contributed by atoms with Crippen molar-refractivity contribution in [2.24, 2.45) is 11.8 Å². The molecule has 12 nitrogen and oxygen atoms in total. The minimum absolute atomic E-state index is 0.00618. The van der Waals surface area contributed by atoms with E-state index in [0.717, 1.165) is 62.5 Å². The molecule has 11 fully saturated rings. The van der Waals surface area contributed by atoms with Crippen LogP contribution in [0.25, 0.3) is 0 Å². The summed E-state index contributed by atoms with van der Waals surface area (Å²) in [4.78, 5) is 14.0. The zero-order chi connectivity index (χ0) is 37.0. The van der Waals surface area contributed by atoms with Crippen molar-refractivity contribution in [3.05, 3.63) is 24.3 Å². The Hall–Kier alpha value is -1.29. The molecule has 11 saturated heterocycles. The molecule has 0 aromatic heterocycles. The van der Waals surface area contributed by atoms with E-state index in [1.54, 1.807) is 14.2 Å². The van der Waals surface area contributed by atoms with Gasteiger partial charge in [0.15, 0.2) is 0 Å². The third-order valence-electron chi connectivity index (χ3n) is 13.8. The number of Topliss-reactive ketones (excluding diaryl/α,β-unsaturated/α-hetero) is 1. The van der Waals surface area contributed by atoms with Crippen LogP contribution in [0, 0.1) is 11.8 Å². The molecule has 19 atom stereocenters. The van der Waals surface area contributed by atoms with E-state index >= 15 is 0 Å². The van der Waals surface area contributed by atoms with Gasteiger partial charge in [0.1, 0.15) is 36.3 Å². The van der Waals surface area contributed by atoms with Crippen molar-refractivity contribution in [3.8, 4) is 0 Å². The van der Waals surface area contributed by atoms with Gasteiger partial charge in [0.05, 0.1) is 79.9 Å². The molecule has 11 heterocycles. The van der Waals surface area contributed by atoms with Crippen LogP contribution in [0.1, 0.15) is 90.4 Å². The largest absolute Gasteiger partial charge is 0.394 e. The van der Waals surface area contributed by atoms with Crippen LogP contribution in [0.15, 0.2) is 24.3 Å². The lowest BCUT2D eigenvalue weighted by molar-refractivity contribution is -0.268. The highest BCUT2D eigenvalue weighted by atomic mass is 16.7. The van der Waals surface area contributed by atoms with Crippen LogP contribution < -0.4 is 0 Å². The Morgan fingerprint density at radius 3 is 2.15 bits per heavy atom.